The van der Waals surface area contributed by atoms with Crippen LogP contribution in [0.25, 0.3) is 10.9 Å². The third-order valence-electron chi connectivity index (χ3n) is 5.23. The van der Waals surface area contributed by atoms with Gasteiger partial charge in [-0.2, -0.15) is 0 Å². The van der Waals surface area contributed by atoms with E-state index in [1.54, 1.807) is 50.2 Å². The summed E-state index contributed by atoms with van der Waals surface area (Å²) in [6.45, 7) is 5.72. The molecule has 0 fully saturated rings. The van der Waals surface area contributed by atoms with Crippen molar-refractivity contribution < 1.29 is 13.5 Å². The van der Waals surface area contributed by atoms with Crippen molar-refractivity contribution in [3.63, 3.8) is 0 Å². The molecule has 0 aliphatic carbocycles. The monoisotopic (exact) mass is 492 g/mol. The first-order valence-electron chi connectivity index (χ1n) is 10.4. The lowest BCUT2D eigenvalue weighted by Gasteiger charge is -2.19. The molecule has 0 saturated carbocycles. The van der Waals surface area contributed by atoms with Gasteiger partial charge in [0.1, 0.15) is 9.25 Å². The average Bonchev–Trinajstić information content (AvgIpc) is 3.49. The summed E-state index contributed by atoms with van der Waals surface area (Å²) in [5, 5.41) is 17.1. The number of hydrogen-bond acceptors (Lipinski definition) is 7. The highest BCUT2D eigenvalue weighted by Gasteiger charge is 2.26. The second-order valence-electron chi connectivity index (χ2n) is 8.49. The first kappa shape index (κ1) is 23.3. The number of thioether (sulfide) groups is 1. The minimum Gasteiger partial charge on any atom is -0.389 e. The van der Waals surface area contributed by atoms with E-state index in [1.807, 2.05) is 24.3 Å². The van der Waals surface area contributed by atoms with Crippen LogP contribution < -0.4 is 9.62 Å². The summed E-state index contributed by atoms with van der Waals surface area (Å²) in [5.74, 6) is 0. The lowest BCUT2D eigenvalue weighted by molar-refractivity contribution is 0.0799. The van der Waals surface area contributed by atoms with E-state index in [2.05, 4.69) is 10.3 Å². The second-order valence-corrected chi connectivity index (χ2v) is 12.9. The first-order chi connectivity index (χ1) is 15.1. The van der Waals surface area contributed by atoms with Crippen molar-refractivity contribution >= 4 is 54.8 Å². The highest BCUT2D eigenvalue weighted by molar-refractivity contribution is 8.15. The minimum atomic E-state index is -3.61. The summed E-state index contributed by atoms with van der Waals surface area (Å²) >= 11 is 2.95. The molecule has 3 aromatic rings. The lowest BCUT2D eigenvalue weighted by Crippen LogP contribution is -2.35. The van der Waals surface area contributed by atoms with E-state index in [1.165, 1.54) is 15.6 Å². The van der Waals surface area contributed by atoms with Gasteiger partial charge in [0.15, 0.2) is 0 Å². The van der Waals surface area contributed by atoms with E-state index in [0.717, 1.165) is 41.2 Å². The number of aliphatic imine (C=N–C) groups is 1. The molecule has 1 unspecified atom stereocenters. The van der Waals surface area contributed by atoms with E-state index in [4.69, 9.17) is 4.99 Å². The number of para-hydroxylation sites is 1. The van der Waals surface area contributed by atoms with E-state index >= 15 is 0 Å². The Labute approximate surface area is 197 Å². The van der Waals surface area contributed by atoms with Crippen LogP contribution in [0, 0.1) is 0 Å². The summed E-state index contributed by atoms with van der Waals surface area (Å²) in [4.78, 5) is 8.12. The smallest absolute Gasteiger partial charge is 0.273 e. The molecule has 2 aromatic heterocycles. The zero-order valence-corrected chi connectivity index (χ0v) is 20.8. The van der Waals surface area contributed by atoms with Gasteiger partial charge in [-0.1, -0.05) is 30.0 Å². The van der Waals surface area contributed by atoms with E-state index in [-0.39, 0.29) is 0 Å². The maximum Gasteiger partial charge on any atom is 0.273 e. The number of nitrogens with one attached hydrogen (secondary N) is 2. The Hall–Kier alpha value is -1.85. The number of nitrogens with zero attached hydrogens (tertiary/aromatic N) is 2. The van der Waals surface area contributed by atoms with E-state index in [9.17, 15) is 13.5 Å². The molecule has 1 aliphatic rings. The predicted octanol–water partition coefficient (Wildman–Crippen LogP) is 3.67. The first-order valence-corrected chi connectivity index (χ1v) is 13.6. The third-order valence-corrected chi connectivity index (χ3v) is 9.67. The number of H-pyrrole nitrogens is 1. The fraction of sp³-hybridized carbons (Fsp3) is 0.409. The molecule has 0 saturated heterocycles. The maximum atomic E-state index is 13.0. The number of sulfonamides is 1. The van der Waals surface area contributed by atoms with Crippen molar-refractivity contribution in [1.82, 2.24) is 10.3 Å². The number of thiophene rings is 1. The Kier molecular flexibility index (Phi) is 6.69. The third kappa shape index (κ3) is 5.04. The number of hydrogen-bond donors (Lipinski definition) is 3. The quantitative estimate of drug-likeness (QED) is 0.396. The van der Waals surface area contributed by atoms with Crippen LogP contribution >= 0.6 is 23.1 Å². The SMILES string of the molecule is CN(c1cccc2cc(C3=NCC(CCNCC(C)(C)O)S3)[nH]c12)S(=O)(=O)c1cccs1. The average molecular weight is 493 g/mol. The standard InChI is InChI=1S/C22H28N4O3S3/c1-22(2,27)14-23-10-9-16-13-24-21(31-16)17-12-15-6-4-7-18(20(15)25-17)26(3)32(28,29)19-8-5-11-30-19/h4-8,11-12,16,23,25,27H,9-10,13-14H2,1-3H3. The summed E-state index contributed by atoms with van der Waals surface area (Å²) in [6.07, 6.45) is 0.959. The Morgan fingerprint density at radius 3 is 2.84 bits per heavy atom. The largest absolute Gasteiger partial charge is 0.389 e. The number of benzene rings is 1. The molecule has 3 heterocycles. The summed E-state index contributed by atoms with van der Waals surface area (Å²) in [7, 11) is -2.02. The van der Waals surface area contributed by atoms with Crippen LogP contribution in [0.1, 0.15) is 26.0 Å². The molecule has 7 nitrogen and oxygen atoms in total. The molecular weight excluding hydrogens is 464 g/mol. The van der Waals surface area contributed by atoms with Gasteiger partial charge >= 0.3 is 0 Å². The van der Waals surface area contributed by atoms with E-state index < -0.39 is 15.6 Å². The highest BCUT2D eigenvalue weighted by Crippen LogP contribution is 2.34. The number of aliphatic hydroxyl groups is 1. The van der Waals surface area contributed by atoms with Crippen LogP contribution in [0.15, 0.2) is 51.0 Å². The van der Waals surface area contributed by atoms with Gasteiger partial charge in [-0.05, 0) is 50.4 Å². The maximum absolute atomic E-state index is 13.0. The second kappa shape index (κ2) is 9.18. The summed E-state index contributed by atoms with van der Waals surface area (Å²) in [6, 6.07) is 11.1. The van der Waals surface area contributed by atoms with Crippen LogP contribution in [-0.2, 0) is 10.0 Å². The van der Waals surface area contributed by atoms with Crippen LogP contribution in [0.5, 0.6) is 0 Å². The van der Waals surface area contributed by atoms with Crippen molar-refractivity contribution in [2.24, 2.45) is 4.99 Å². The molecular formula is C22H28N4O3S3. The van der Waals surface area contributed by atoms with Gasteiger partial charge in [-0.15, -0.1) is 11.3 Å². The minimum absolute atomic E-state index is 0.320. The molecule has 1 atom stereocenters. The number of aromatic amines is 1. The predicted molar refractivity (Wildman–Crippen MR) is 135 cm³/mol. The molecule has 10 heteroatoms. The molecule has 172 valence electrons. The van der Waals surface area contributed by atoms with Crippen molar-refractivity contribution in [2.75, 3.05) is 31.0 Å². The Balaban J connectivity index is 1.48. The topological polar surface area (TPSA) is 97.8 Å². The Morgan fingerprint density at radius 2 is 2.12 bits per heavy atom. The Morgan fingerprint density at radius 1 is 1.31 bits per heavy atom. The molecule has 0 spiro atoms. The Bertz CT molecular complexity index is 1210. The van der Waals surface area contributed by atoms with Crippen LogP contribution in [-0.4, -0.2) is 61.1 Å². The molecule has 1 aliphatic heterocycles. The summed E-state index contributed by atoms with van der Waals surface area (Å²) < 4.78 is 27.7. The molecule has 3 N–H and O–H groups in total. The van der Waals surface area contributed by atoms with Gasteiger partial charge in [0, 0.05) is 24.2 Å². The lowest BCUT2D eigenvalue weighted by atomic mass is 10.1. The van der Waals surface area contributed by atoms with Crippen LogP contribution in [0.4, 0.5) is 5.69 Å². The highest BCUT2D eigenvalue weighted by atomic mass is 32.2. The van der Waals surface area contributed by atoms with Gasteiger partial charge < -0.3 is 15.4 Å². The van der Waals surface area contributed by atoms with Crippen LogP contribution in [0.3, 0.4) is 0 Å². The normalized spacial score (nSPS) is 17.1. The molecule has 32 heavy (non-hydrogen) atoms. The van der Waals surface area contributed by atoms with Crippen molar-refractivity contribution in [1.29, 1.82) is 0 Å². The molecule has 0 radical (unpaired) electrons. The van der Waals surface area contributed by atoms with Gasteiger partial charge in [0.25, 0.3) is 10.0 Å². The van der Waals surface area contributed by atoms with Crippen molar-refractivity contribution in [3.05, 3.63) is 47.5 Å². The van der Waals surface area contributed by atoms with Gasteiger partial charge in [0.2, 0.25) is 0 Å². The van der Waals surface area contributed by atoms with Crippen LogP contribution in [0.2, 0.25) is 0 Å². The molecule has 0 bridgehead atoms. The zero-order valence-electron chi connectivity index (χ0n) is 18.3. The summed E-state index contributed by atoms with van der Waals surface area (Å²) in [5.41, 5.74) is 1.59. The zero-order chi connectivity index (χ0) is 22.9. The number of rotatable bonds is 9. The van der Waals surface area contributed by atoms with E-state index in [0.29, 0.717) is 21.7 Å². The number of aromatic nitrogens is 1. The van der Waals surface area contributed by atoms with Crippen molar-refractivity contribution in [3.8, 4) is 0 Å². The number of anilines is 1. The van der Waals surface area contributed by atoms with Gasteiger partial charge in [-0.25, -0.2) is 8.42 Å². The molecule has 1 aromatic carbocycles. The fourth-order valence-corrected chi connectivity index (χ4v) is 7.02. The van der Waals surface area contributed by atoms with Gasteiger partial charge in [-0.3, -0.25) is 9.30 Å². The fourth-order valence-electron chi connectivity index (χ4n) is 3.57. The molecule has 0 amide bonds. The molecule has 4 rings (SSSR count). The number of fused-ring (bicyclic) bond motifs is 1. The van der Waals surface area contributed by atoms with Gasteiger partial charge in [0.05, 0.1) is 29.0 Å². The van der Waals surface area contributed by atoms with Crippen molar-refractivity contribution in [2.45, 2.75) is 35.3 Å².